The third-order valence-electron chi connectivity index (χ3n) is 4.05. The van der Waals surface area contributed by atoms with Gasteiger partial charge in [-0.15, -0.1) is 11.8 Å². The molecule has 11 heteroatoms. The zero-order valence-electron chi connectivity index (χ0n) is 15.7. The minimum atomic E-state index is -3.92. The van der Waals surface area contributed by atoms with Crippen LogP contribution >= 0.6 is 11.8 Å². The van der Waals surface area contributed by atoms with Crippen LogP contribution in [0.5, 0.6) is 0 Å². The zero-order valence-corrected chi connectivity index (χ0v) is 17.3. The van der Waals surface area contributed by atoms with Crippen molar-refractivity contribution in [3.63, 3.8) is 0 Å². The van der Waals surface area contributed by atoms with E-state index in [0.717, 1.165) is 5.56 Å². The summed E-state index contributed by atoms with van der Waals surface area (Å²) in [6, 6.07) is 7.81. The fraction of sp³-hybridized carbons (Fsp3) is 0.529. The van der Waals surface area contributed by atoms with Gasteiger partial charge in [0.1, 0.15) is 11.4 Å². The normalized spacial score (nSPS) is 17.6. The van der Waals surface area contributed by atoms with Gasteiger partial charge < -0.3 is 10.5 Å². The summed E-state index contributed by atoms with van der Waals surface area (Å²) in [5, 5.41) is 1.32. The molecule has 1 unspecified atom stereocenters. The summed E-state index contributed by atoms with van der Waals surface area (Å²) in [6.07, 6.45) is 0.0969. The number of amides is 2. The van der Waals surface area contributed by atoms with Crippen molar-refractivity contribution in [2.24, 2.45) is 5.73 Å². The highest BCUT2D eigenvalue weighted by atomic mass is 32.2. The quantitative estimate of drug-likeness (QED) is 0.448. The highest BCUT2D eigenvalue weighted by Crippen LogP contribution is 2.09. The molecule has 1 aliphatic rings. The first-order valence-electron chi connectivity index (χ1n) is 8.94. The number of benzene rings is 1. The van der Waals surface area contributed by atoms with Crippen molar-refractivity contribution in [2.45, 2.75) is 24.8 Å². The lowest BCUT2D eigenvalue weighted by Gasteiger charge is -2.28. The number of carbonyl (C=O) groups is 2. The molecule has 4 N–H and O–H groups in total. The minimum absolute atomic E-state index is 0.0969. The number of morpholine rings is 1. The van der Waals surface area contributed by atoms with Crippen molar-refractivity contribution in [1.29, 1.82) is 0 Å². The molecular formula is C17H26N4O5S2. The van der Waals surface area contributed by atoms with Gasteiger partial charge in [-0.1, -0.05) is 37.3 Å². The van der Waals surface area contributed by atoms with Gasteiger partial charge in [0, 0.05) is 13.1 Å². The Labute approximate surface area is 169 Å². The molecule has 156 valence electrons. The second kappa shape index (κ2) is 10.9. The maximum atomic E-state index is 12.7. The predicted molar refractivity (Wildman–Crippen MR) is 108 cm³/mol. The molecule has 0 aromatic heterocycles. The van der Waals surface area contributed by atoms with Crippen LogP contribution in [0.25, 0.3) is 0 Å². The maximum Gasteiger partial charge on any atom is 0.280 e. The smallest absolute Gasteiger partial charge is 0.280 e. The summed E-state index contributed by atoms with van der Waals surface area (Å²) in [7, 11) is -3.92. The molecule has 0 radical (unpaired) electrons. The lowest BCUT2D eigenvalue weighted by Crippen LogP contribution is -2.56. The molecule has 2 atom stereocenters. The van der Waals surface area contributed by atoms with Crippen LogP contribution < -0.4 is 15.8 Å². The van der Waals surface area contributed by atoms with Crippen LogP contribution in [0.2, 0.25) is 0 Å². The van der Waals surface area contributed by atoms with Crippen LogP contribution in [-0.2, 0) is 31.0 Å². The van der Waals surface area contributed by atoms with Gasteiger partial charge in [-0.05, 0) is 17.7 Å². The van der Waals surface area contributed by atoms with Crippen molar-refractivity contribution in [3.8, 4) is 0 Å². The topological polar surface area (TPSA) is 131 Å². The van der Waals surface area contributed by atoms with Crippen LogP contribution in [0.15, 0.2) is 30.3 Å². The van der Waals surface area contributed by atoms with E-state index in [9.17, 15) is 18.0 Å². The largest absolute Gasteiger partial charge is 0.379 e. The Morgan fingerprint density at radius 3 is 2.46 bits per heavy atom. The molecule has 9 nitrogen and oxygen atoms in total. The predicted octanol–water partition coefficient (Wildman–Crippen LogP) is -0.555. The Balaban J connectivity index is 2.14. The van der Waals surface area contributed by atoms with Crippen LogP contribution in [-0.4, -0.2) is 68.0 Å². The van der Waals surface area contributed by atoms with Crippen molar-refractivity contribution in [2.75, 3.05) is 32.1 Å². The maximum absolute atomic E-state index is 12.7. The van der Waals surface area contributed by atoms with Gasteiger partial charge in [0.15, 0.2) is 0 Å². The van der Waals surface area contributed by atoms with Gasteiger partial charge in [0.25, 0.3) is 16.1 Å². The lowest BCUT2D eigenvalue weighted by molar-refractivity contribution is -0.131. The Kier molecular flexibility index (Phi) is 8.86. The van der Waals surface area contributed by atoms with E-state index >= 15 is 0 Å². The molecule has 0 aliphatic carbocycles. The summed E-state index contributed by atoms with van der Waals surface area (Å²) in [5.74, 6) is -0.779. The molecule has 2 rings (SSSR count). The molecule has 28 heavy (non-hydrogen) atoms. The van der Waals surface area contributed by atoms with Crippen molar-refractivity contribution in [1.82, 2.24) is 14.3 Å². The molecule has 0 saturated carbocycles. The third-order valence-corrected chi connectivity index (χ3v) is 6.59. The first kappa shape index (κ1) is 22.8. The molecule has 1 aromatic rings. The van der Waals surface area contributed by atoms with Crippen LogP contribution in [0, 0.1) is 0 Å². The Morgan fingerprint density at radius 1 is 1.21 bits per heavy atom. The first-order valence-corrected chi connectivity index (χ1v) is 11.4. The number of hydrogen-bond acceptors (Lipinski definition) is 7. The van der Waals surface area contributed by atoms with E-state index in [0.29, 0.717) is 5.75 Å². The lowest BCUT2D eigenvalue weighted by atomic mass is 10.1. The van der Waals surface area contributed by atoms with Crippen molar-refractivity contribution in [3.05, 3.63) is 35.9 Å². The molecule has 2 amide bonds. The number of ether oxygens (including phenoxy) is 1. The first-order chi connectivity index (χ1) is 13.3. The van der Waals surface area contributed by atoms with E-state index in [2.05, 4.69) is 10.0 Å². The molecule has 0 spiro atoms. The van der Waals surface area contributed by atoms with Crippen LogP contribution in [0.1, 0.15) is 12.5 Å². The molecule has 1 fully saturated rings. The van der Waals surface area contributed by atoms with Gasteiger partial charge in [-0.25, -0.2) is 0 Å². The average molecular weight is 431 g/mol. The Bertz CT molecular complexity index is 754. The van der Waals surface area contributed by atoms with E-state index in [-0.39, 0.29) is 32.7 Å². The van der Waals surface area contributed by atoms with E-state index in [1.165, 1.54) is 16.1 Å². The average Bonchev–Trinajstić information content (AvgIpc) is 2.69. The monoisotopic (exact) mass is 430 g/mol. The second-order valence-corrected chi connectivity index (χ2v) is 9.23. The number of nitrogens with one attached hydrogen (secondary N) is 2. The van der Waals surface area contributed by atoms with Gasteiger partial charge in [0.05, 0.1) is 13.2 Å². The van der Waals surface area contributed by atoms with E-state index < -0.39 is 33.4 Å². The Morgan fingerprint density at radius 2 is 1.86 bits per heavy atom. The number of carbonyl (C=O) groups excluding carboxylic acids is 2. The van der Waals surface area contributed by atoms with Crippen LogP contribution in [0.4, 0.5) is 0 Å². The summed E-state index contributed by atoms with van der Waals surface area (Å²) < 4.78 is 34.2. The summed E-state index contributed by atoms with van der Waals surface area (Å²) in [4.78, 5) is 24.7. The Hall–Kier alpha value is -1.50. The SMILES string of the molecule is CCSC(N)C(=O)NC(=O)[C@H](Cc1ccccc1)NS(=O)(=O)N1CCOCC1. The zero-order chi connectivity index (χ0) is 20.6. The fourth-order valence-corrected chi connectivity index (χ4v) is 4.51. The standard InChI is InChI=1S/C17H26N4O5S2/c1-2-27-15(18)17(23)19-16(22)14(12-13-6-4-3-5-7-13)20-28(24,25)21-8-10-26-11-9-21/h3-7,14-15,20H,2,8-12,18H2,1H3,(H,19,22,23)/t14-,15?/m0/s1. The van der Waals surface area contributed by atoms with Gasteiger partial charge in [0.2, 0.25) is 5.91 Å². The molecule has 1 heterocycles. The second-order valence-electron chi connectivity index (χ2n) is 6.11. The van der Waals surface area contributed by atoms with E-state index in [1.807, 2.05) is 13.0 Å². The number of thioether (sulfide) groups is 1. The molecule has 1 saturated heterocycles. The molecular weight excluding hydrogens is 404 g/mol. The summed E-state index contributed by atoms with van der Waals surface area (Å²) >= 11 is 1.19. The number of imide groups is 1. The van der Waals surface area contributed by atoms with Crippen LogP contribution in [0.3, 0.4) is 0 Å². The van der Waals surface area contributed by atoms with Crippen molar-refractivity contribution < 1.29 is 22.7 Å². The summed E-state index contributed by atoms with van der Waals surface area (Å²) in [6.45, 7) is 2.82. The van der Waals surface area contributed by atoms with Gasteiger partial charge >= 0.3 is 0 Å². The van der Waals surface area contributed by atoms with Gasteiger partial charge in [-0.2, -0.15) is 17.4 Å². The van der Waals surface area contributed by atoms with Gasteiger partial charge in [-0.3, -0.25) is 14.9 Å². The van der Waals surface area contributed by atoms with Crippen molar-refractivity contribution >= 4 is 33.8 Å². The molecule has 1 aliphatic heterocycles. The number of nitrogens with two attached hydrogens (primary N) is 1. The molecule has 1 aromatic carbocycles. The number of hydrogen-bond donors (Lipinski definition) is 3. The highest BCUT2D eigenvalue weighted by Gasteiger charge is 2.31. The highest BCUT2D eigenvalue weighted by molar-refractivity contribution is 8.00. The molecule has 0 bridgehead atoms. The van der Waals surface area contributed by atoms with E-state index in [4.69, 9.17) is 10.5 Å². The fourth-order valence-electron chi connectivity index (χ4n) is 2.61. The number of rotatable bonds is 9. The third kappa shape index (κ3) is 6.83. The minimum Gasteiger partial charge on any atom is -0.379 e. The number of nitrogens with zero attached hydrogens (tertiary/aromatic N) is 1. The summed E-state index contributed by atoms with van der Waals surface area (Å²) in [5.41, 5.74) is 6.47. The van der Waals surface area contributed by atoms with E-state index in [1.54, 1.807) is 24.3 Å².